The molecule has 10 heavy (non-hydrogen) atoms. The van der Waals surface area contributed by atoms with Crippen molar-refractivity contribution in [3.63, 3.8) is 0 Å². The summed E-state index contributed by atoms with van der Waals surface area (Å²) in [6.45, 7) is 2.17. The van der Waals surface area contributed by atoms with Gasteiger partial charge in [-0.05, 0) is 31.3 Å². The topological polar surface area (TPSA) is 20.2 Å². The zero-order chi connectivity index (χ0) is 7.40. The van der Waals surface area contributed by atoms with Gasteiger partial charge in [-0.3, -0.25) is 0 Å². The molecule has 0 spiro atoms. The molecule has 1 unspecified atom stereocenters. The fourth-order valence-electron chi connectivity index (χ4n) is 1.42. The molecule has 0 aliphatic heterocycles. The summed E-state index contributed by atoms with van der Waals surface area (Å²) >= 11 is 0. The van der Waals surface area contributed by atoms with Gasteiger partial charge in [0.1, 0.15) is 0 Å². The first-order valence-electron chi connectivity index (χ1n) is 4.21. The molecule has 1 saturated carbocycles. The van der Waals surface area contributed by atoms with Crippen molar-refractivity contribution in [1.29, 1.82) is 0 Å². The van der Waals surface area contributed by atoms with Crippen molar-refractivity contribution >= 4 is 0 Å². The molecular weight excluding hydrogens is 124 g/mol. The lowest BCUT2D eigenvalue weighted by Gasteiger charge is -2.01. The Morgan fingerprint density at radius 3 is 3.00 bits per heavy atom. The molecule has 0 radical (unpaired) electrons. The first-order chi connectivity index (χ1) is 4.84. The number of aliphatic hydroxyl groups is 1. The van der Waals surface area contributed by atoms with Gasteiger partial charge in [0.25, 0.3) is 0 Å². The quantitative estimate of drug-likeness (QED) is 0.583. The molecule has 1 N–H and O–H groups in total. The summed E-state index contributed by atoms with van der Waals surface area (Å²) in [5.74, 6) is 0. The van der Waals surface area contributed by atoms with Gasteiger partial charge in [-0.15, -0.1) is 0 Å². The van der Waals surface area contributed by atoms with E-state index in [-0.39, 0.29) is 6.10 Å². The Morgan fingerprint density at radius 2 is 2.50 bits per heavy atom. The van der Waals surface area contributed by atoms with Gasteiger partial charge in [0.15, 0.2) is 0 Å². The summed E-state index contributed by atoms with van der Waals surface area (Å²) < 4.78 is 0. The highest BCUT2D eigenvalue weighted by Gasteiger charge is 2.16. The van der Waals surface area contributed by atoms with Gasteiger partial charge in [0, 0.05) is 0 Å². The van der Waals surface area contributed by atoms with Gasteiger partial charge >= 0.3 is 0 Å². The third-order valence-electron chi connectivity index (χ3n) is 2.07. The largest absolute Gasteiger partial charge is 0.389 e. The van der Waals surface area contributed by atoms with Gasteiger partial charge in [-0.25, -0.2) is 0 Å². The zero-order valence-corrected chi connectivity index (χ0v) is 6.64. The highest BCUT2D eigenvalue weighted by Crippen LogP contribution is 2.24. The maximum absolute atomic E-state index is 9.35. The Balaban J connectivity index is 2.38. The first kappa shape index (κ1) is 7.80. The second-order valence-corrected chi connectivity index (χ2v) is 2.98. The van der Waals surface area contributed by atoms with Crippen LogP contribution < -0.4 is 0 Å². The second-order valence-electron chi connectivity index (χ2n) is 2.98. The zero-order valence-electron chi connectivity index (χ0n) is 6.64. The van der Waals surface area contributed by atoms with Crippen LogP contribution in [0.1, 0.15) is 39.0 Å². The van der Waals surface area contributed by atoms with Crippen molar-refractivity contribution < 1.29 is 5.11 Å². The van der Waals surface area contributed by atoms with Crippen molar-refractivity contribution in [2.24, 2.45) is 0 Å². The van der Waals surface area contributed by atoms with E-state index < -0.39 is 0 Å². The van der Waals surface area contributed by atoms with Crippen molar-refractivity contribution in [2.75, 3.05) is 0 Å². The van der Waals surface area contributed by atoms with Gasteiger partial charge in [-0.1, -0.05) is 19.4 Å². The molecule has 1 atom stereocenters. The fraction of sp³-hybridized carbons (Fsp3) is 0.778. The van der Waals surface area contributed by atoms with Gasteiger partial charge in [0.2, 0.25) is 0 Å². The monoisotopic (exact) mass is 140 g/mol. The summed E-state index contributed by atoms with van der Waals surface area (Å²) in [6.07, 6.45) is 7.71. The van der Waals surface area contributed by atoms with Crippen molar-refractivity contribution in [3.8, 4) is 0 Å². The van der Waals surface area contributed by atoms with Crippen LogP contribution in [0.25, 0.3) is 0 Å². The first-order valence-corrected chi connectivity index (χ1v) is 4.21. The van der Waals surface area contributed by atoms with Gasteiger partial charge in [0.05, 0.1) is 6.10 Å². The molecular formula is C9H16O. The standard InChI is InChI=1S/C9H16O/c1-2-3-5-8-6-4-7-9(8)10/h5,9-10H,2-4,6-7H2,1H3/b8-5+. The second kappa shape index (κ2) is 3.77. The minimum atomic E-state index is -0.105. The lowest BCUT2D eigenvalue weighted by Crippen LogP contribution is -2.00. The predicted octanol–water partition coefficient (Wildman–Crippen LogP) is 2.26. The van der Waals surface area contributed by atoms with E-state index in [0.717, 1.165) is 19.3 Å². The molecule has 0 heterocycles. The molecule has 0 saturated heterocycles. The fourth-order valence-corrected chi connectivity index (χ4v) is 1.42. The van der Waals surface area contributed by atoms with Gasteiger partial charge in [-0.2, -0.15) is 0 Å². The van der Waals surface area contributed by atoms with E-state index in [9.17, 15) is 5.11 Å². The number of rotatable bonds is 2. The Hall–Kier alpha value is -0.300. The Bertz CT molecular complexity index is 127. The van der Waals surface area contributed by atoms with Crippen LogP contribution in [-0.4, -0.2) is 11.2 Å². The van der Waals surface area contributed by atoms with E-state index in [2.05, 4.69) is 13.0 Å². The molecule has 0 amide bonds. The van der Waals surface area contributed by atoms with Crippen LogP contribution in [-0.2, 0) is 0 Å². The van der Waals surface area contributed by atoms with Crippen LogP contribution in [0.3, 0.4) is 0 Å². The summed E-state index contributed by atoms with van der Waals surface area (Å²) in [5.41, 5.74) is 1.28. The molecule has 1 nitrogen and oxygen atoms in total. The van der Waals surface area contributed by atoms with E-state index >= 15 is 0 Å². The molecule has 0 aromatic carbocycles. The maximum atomic E-state index is 9.35. The van der Waals surface area contributed by atoms with E-state index in [0.29, 0.717) is 0 Å². The van der Waals surface area contributed by atoms with E-state index in [1.54, 1.807) is 0 Å². The van der Waals surface area contributed by atoms with Gasteiger partial charge < -0.3 is 5.11 Å². The molecule has 1 heteroatoms. The highest BCUT2D eigenvalue weighted by molar-refractivity contribution is 5.11. The molecule has 1 aliphatic carbocycles. The summed E-state index contributed by atoms with van der Waals surface area (Å²) in [5, 5.41) is 9.35. The van der Waals surface area contributed by atoms with E-state index in [4.69, 9.17) is 0 Å². The average Bonchev–Trinajstić information content (AvgIpc) is 2.31. The van der Waals surface area contributed by atoms with Crippen LogP contribution in [0.4, 0.5) is 0 Å². The molecule has 0 bridgehead atoms. The Kier molecular flexibility index (Phi) is 2.94. The Morgan fingerprint density at radius 1 is 1.70 bits per heavy atom. The van der Waals surface area contributed by atoms with Crippen molar-refractivity contribution in [1.82, 2.24) is 0 Å². The summed E-state index contributed by atoms with van der Waals surface area (Å²) in [4.78, 5) is 0. The third-order valence-corrected chi connectivity index (χ3v) is 2.07. The minimum Gasteiger partial charge on any atom is -0.389 e. The van der Waals surface area contributed by atoms with Crippen LogP contribution in [0, 0.1) is 0 Å². The van der Waals surface area contributed by atoms with Crippen LogP contribution >= 0.6 is 0 Å². The molecule has 0 aromatic heterocycles. The average molecular weight is 140 g/mol. The SMILES string of the molecule is CCC/C=C1\CCCC1O. The Labute approximate surface area is 62.8 Å². The molecule has 58 valence electrons. The number of hydrogen-bond acceptors (Lipinski definition) is 1. The van der Waals surface area contributed by atoms with Crippen LogP contribution in [0.15, 0.2) is 11.6 Å². The van der Waals surface area contributed by atoms with E-state index in [1.165, 1.54) is 18.4 Å². The molecule has 1 fully saturated rings. The molecule has 1 aliphatic rings. The molecule has 1 rings (SSSR count). The summed E-state index contributed by atoms with van der Waals surface area (Å²) in [6, 6.07) is 0. The highest BCUT2D eigenvalue weighted by atomic mass is 16.3. The normalized spacial score (nSPS) is 29.8. The molecule has 0 aromatic rings. The number of hydrogen-bond donors (Lipinski definition) is 1. The number of unbranched alkanes of at least 4 members (excludes halogenated alkanes) is 1. The van der Waals surface area contributed by atoms with Crippen molar-refractivity contribution in [2.45, 2.75) is 45.1 Å². The number of aliphatic hydroxyl groups excluding tert-OH is 1. The summed E-state index contributed by atoms with van der Waals surface area (Å²) in [7, 11) is 0. The smallest absolute Gasteiger partial charge is 0.0750 e. The van der Waals surface area contributed by atoms with Crippen LogP contribution in [0.2, 0.25) is 0 Å². The lowest BCUT2D eigenvalue weighted by atomic mass is 10.1. The predicted molar refractivity (Wildman–Crippen MR) is 42.8 cm³/mol. The lowest BCUT2D eigenvalue weighted by molar-refractivity contribution is 0.217. The minimum absolute atomic E-state index is 0.105. The van der Waals surface area contributed by atoms with Crippen molar-refractivity contribution in [3.05, 3.63) is 11.6 Å². The maximum Gasteiger partial charge on any atom is 0.0750 e. The van der Waals surface area contributed by atoms with E-state index in [1.807, 2.05) is 0 Å². The van der Waals surface area contributed by atoms with Crippen LogP contribution in [0.5, 0.6) is 0 Å². The number of allylic oxidation sites excluding steroid dienone is 1. The third kappa shape index (κ3) is 1.84.